The van der Waals surface area contributed by atoms with Crippen LogP contribution in [0.15, 0.2) is 28.5 Å². The van der Waals surface area contributed by atoms with Gasteiger partial charge in [0.05, 0.1) is 15.8 Å². The van der Waals surface area contributed by atoms with Crippen LogP contribution in [0.5, 0.6) is 0 Å². The van der Waals surface area contributed by atoms with Crippen LogP contribution in [-0.4, -0.2) is 21.3 Å². The highest BCUT2D eigenvalue weighted by Gasteiger charge is 2.30. The smallest absolute Gasteiger partial charge is 0.409 e. The second-order valence-corrected chi connectivity index (χ2v) is 4.53. The number of rotatable bonds is 3. The van der Waals surface area contributed by atoms with E-state index in [0.717, 1.165) is 24.0 Å². The lowest BCUT2D eigenvalue weighted by atomic mass is 10.3. The molecule has 0 aliphatic carbocycles. The molecule has 1 aromatic rings. The summed E-state index contributed by atoms with van der Waals surface area (Å²) in [7, 11) is 0. The van der Waals surface area contributed by atoms with Gasteiger partial charge in [-0.15, -0.1) is 0 Å². The maximum absolute atomic E-state index is 12.2. The van der Waals surface area contributed by atoms with Crippen LogP contribution < -0.4 is 5.73 Å². The number of thioether (sulfide) groups is 1. The molecular formula is C9H10F3N3OS. The van der Waals surface area contributed by atoms with E-state index in [-0.39, 0.29) is 11.1 Å². The van der Waals surface area contributed by atoms with Crippen molar-refractivity contribution in [2.24, 2.45) is 10.9 Å². The van der Waals surface area contributed by atoms with Crippen LogP contribution in [0, 0.1) is 0 Å². The Labute approximate surface area is 99.7 Å². The Morgan fingerprint density at radius 3 is 2.59 bits per heavy atom. The molecule has 0 saturated carbocycles. The quantitative estimate of drug-likeness (QED) is 0.289. The summed E-state index contributed by atoms with van der Waals surface area (Å²) in [5.74, 6) is -0.0169. The van der Waals surface area contributed by atoms with Crippen molar-refractivity contribution in [2.45, 2.75) is 23.4 Å². The second-order valence-electron chi connectivity index (χ2n) is 3.17. The van der Waals surface area contributed by atoms with Gasteiger partial charge in [0.1, 0.15) is 0 Å². The minimum Gasteiger partial charge on any atom is -0.409 e. The van der Waals surface area contributed by atoms with Crippen LogP contribution in [0.1, 0.15) is 12.5 Å². The fourth-order valence-electron chi connectivity index (χ4n) is 0.940. The van der Waals surface area contributed by atoms with Crippen LogP contribution in [0.4, 0.5) is 13.2 Å². The van der Waals surface area contributed by atoms with Gasteiger partial charge in [-0.05, 0) is 19.1 Å². The molecule has 0 amide bonds. The molecule has 4 nitrogen and oxygen atoms in total. The second kappa shape index (κ2) is 5.26. The largest absolute Gasteiger partial charge is 0.417 e. The van der Waals surface area contributed by atoms with Crippen LogP contribution in [0.25, 0.3) is 0 Å². The van der Waals surface area contributed by atoms with Gasteiger partial charge in [-0.3, -0.25) is 0 Å². The van der Waals surface area contributed by atoms with Crippen molar-refractivity contribution in [1.29, 1.82) is 0 Å². The Hall–Kier alpha value is -1.44. The zero-order valence-electron chi connectivity index (χ0n) is 8.77. The zero-order chi connectivity index (χ0) is 13.1. The predicted octanol–water partition coefficient (Wildman–Crippen LogP) is 2.33. The van der Waals surface area contributed by atoms with Crippen molar-refractivity contribution in [3.05, 3.63) is 23.9 Å². The molecular weight excluding hydrogens is 255 g/mol. The van der Waals surface area contributed by atoms with Gasteiger partial charge in [-0.1, -0.05) is 16.9 Å². The molecule has 3 N–H and O–H groups in total. The number of alkyl halides is 3. The van der Waals surface area contributed by atoms with Crippen LogP contribution >= 0.6 is 11.8 Å². The molecule has 17 heavy (non-hydrogen) atoms. The third-order valence-corrected chi connectivity index (χ3v) is 2.97. The summed E-state index contributed by atoms with van der Waals surface area (Å²) in [4.78, 5) is 3.65. The van der Waals surface area contributed by atoms with Crippen molar-refractivity contribution >= 4 is 17.6 Å². The molecule has 0 fully saturated rings. The average molecular weight is 265 g/mol. The Kier molecular flexibility index (Phi) is 4.22. The molecule has 94 valence electrons. The topological polar surface area (TPSA) is 71.5 Å². The Morgan fingerprint density at radius 2 is 2.18 bits per heavy atom. The third-order valence-electron chi connectivity index (χ3n) is 1.89. The molecule has 0 aliphatic heterocycles. The first-order valence-corrected chi connectivity index (χ1v) is 5.40. The number of hydrogen-bond acceptors (Lipinski definition) is 4. The van der Waals surface area contributed by atoms with Crippen molar-refractivity contribution in [1.82, 2.24) is 4.98 Å². The third kappa shape index (κ3) is 3.81. The monoisotopic (exact) mass is 265 g/mol. The van der Waals surface area contributed by atoms with E-state index < -0.39 is 11.7 Å². The highest BCUT2D eigenvalue weighted by Crippen LogP contribution is 2.30. The Morgan fingerprint density at radius 1 is 1.53 bits per heavy atom. The van der Waals surface area contributed by atoms with Gasteiger partial charge in [0.2, 0.25) is 0 Å². The van der Waals surface area contributed by atoms with E-state index in [1.54, 1.807) is 6.92 Å². The fourth-order valence-corrected chi connectivity index (χ4v) is 1.73. The van der Waals surface area contributed by atoms with E-state index in [1.165, 1.54) is 6.07 Å². The summed E-state index contributed by atoms with van der Waals surface area (Å²) in [6, 6.07) is 2.18. The van der Waals surface area contributed by atoms with E-state index >= 15 is 0 Å². The lowest BCUT2D eigenvalue weighted by Gasteiger charge is -2.09. The molecule has 1 aromatic heterocycles. The van der Waals surface area contributed by atoms with E-state index in [4.69, 9.17) is 10.9 Å². The first-order chi connectivity index (χ1) is 7.84. The highest BCUT2D eigenvalue weighted by molar-refractivity contribution is 8.00. The van der Waals surface area contributed by atoms with E-state index in [2.05, 4.69) is 10.1 Å². The molecule has 0 aliphatic rings. The Bertz CT molecular complexity index is 405. The highest BCUT2D eigenvalue weighted by atomic mass is 32.2. The van der Waals surface area contributed by atoms with Crippen molar-refractivity contribution in [3.63, 3.8) is 0 Å². The molecule has 1 atom stereocenters. The van der Waals surface area contributed by atoms with Gasteiger partial charge >= 0.3 is 6.18 Å². The number of oxime groups is 1. The summed E-state index contributed by atoms with van der Waals surface area (Å²) in [5.41, 5.74) is 4.53. The van der Waals surface area contributed by atoms with E-state index in [0.29, 0.717) is 5.03 Å². The molecule has 0 aromatic carbocycles. The maximum Gasteiger partial charge on any atom is 0.417 e. The van der Waals surface area contributed by atoms with Crippen molar-refractivity contribution in [2.75, 3.05) is 0 Å². The molecule has 8 heteroatoms. The number of aromatic nitrogens is 1. The first-order valence-electron chi connectivity index (χ1n) is 4.52. The van der Waals surface area contributed by atoms with Gasteiger partial charge in [0, 0.05) is 6.20 Å². The van der Waals surface area contributed by atoms with Gasteiger partial charge in [0.25, 0.3) is 0 Å². The van der Waals surface area contributed by atoms with Gasteiger partial charge < -0.3 is 10.9 Å². The van der Waals surface area contributed by atoms with Gasteiger partial charge in [-0.25, -0.2) is 4.98 Å². The SMILES string of the molecule is CC(Sc1ccc(C(F)(F)F)cn1)C(N)=NO. The molecule has 0 radical (unpaired) electrons. The minimum absolute atomic E-state index is 0.0169. The average Bonchev–Trinajstić information content (AvgIpc) is 2.27. The molecule has 0 spiro atoms. The lowest BCUT2D eigenvalue weighted by molar-refractivity contribution is -0.137. The first kappa shape index (κ1) is 13.6. The predicted molar refractivity (Wildman–Crippen MR) is 58.0 cm³/mol. The fraction of sp³-hybridized carbons (Fsp3) is 0.333. The number of halogens is 3. The standard InChI is InChI=1S/C9H10F3N3OS/c1-5(8(13)15-16)17-7-3-2-6(4-14-7)9(10,11)12/h2-5,16H,1H3,(H2,13,15). The molecule has 1 unspecified atom stereocenters. The zero-order valence-corrected chi connectivity index (χ0v) is 9.59. The summed E-state index contributed by atoms with van der Waals surface area (Å²) in [6.45, 7) is 1.65. The number of nitrogens with zero attached hydrogens (tertiary/aromatic N) is 2. The van der Waals surface area contributed by atoms with E-state index in [9.17, 15) is 13.2 Å². The Balaban J connectivity index is 2.76. The normalized spacial score (nSPS) is 14.7. The molecule has 1 heterocycles. The van der Waals surface area contributed by atoms with Crippen LogP contribution in [0.3, 0.4) is 0 Å². The van der Waals surface area contributed by atoms with Crippen molar-refractivity contribution in [3.8, 4) is 0 Å². The molecule has 0 bridgehead atoms. The van der Waals surface area contributed by atoms with Gasteiger partial charge in [-0.2, -0.15) is 13.2 Å². The minimum atomic E-state index is -4.40. The van der Waals surface area contributed by atoms with Crippen LogP contribution in [0.2, 0.25) is 0 Å². The van der Waals surface area contributed by atoms with Crippen LogP contribution in [-0.2, 0) is 6.18 Å². The number of amidine groups is 1. The summed E-state index contributed by atoms with van der Waals surface area (Å²) in [6.07, 6.45) is -3.64. The van der Waals surface area contributed by atoms with E-state index in [1.807, 2.05) is 0 Å². The van der Waals surface area contributed by atoms with Crippen molar-refractivity contribution < 1.29 is 18.4 Å². The lowest BCUT2D eigenvalue weighted by Crippen LogP contribution is -2.23. The summed E-state index contributed by atoms with van der Waals surface area (Å²) >= 11 is 1.10. The number of hydrogen-bond donors (Lipinski definition) is 2. The summed E-state index contributed by atoms with van der Waals surface area (Å²) < 4.78 is 36.7. The maximum atomic E-state index is 12.2. The molecule has 0 saturated heterocycles. The molecule has 1 rings (SSSR count). The number of pyridine rings is 1. The summed E-state index contributed by atoms with van der Waals surface area (Å²) in [5, 5.41) is 11.2. The number of nitrogens with two attached hydrogens (primary N) is 1. The van der Waals surface area contributed by atoms with Gasteiger partial charge in [0.15, 0.2) is 5.84 Å².